The zero-order valence-corrected chi connectivity index (χ0v) is 12.4. The molecule has 6 heteroatoms. The zero-order chi connectivity index (χ0) is 13.2. The molecule has 0 aromatic carbocycles. The third-order valence-electron chi connectivity index (χ3n) is 3.32. The summed E-state index contributed by atoms with van der Waals surface area (Å²) in [5, 5.41) is 7.13. The molecule has 0 radical (unpaired) electrons. The molecule has 1 N–H and O–H groups in total. The molecule has 0 spiro atoms. The van der Waals surface area contributed by atoms with Gasteiger partial charge in [0.05, 0.1) is 24.8 Å². The predicted octanol–water partition coefficient (Wildman–Crippen LogP) is 1.49. The average Bonchev–Trinajstić information content (AvgIpc) is 2.63. The summed E-state index contributed by atoms with van der Waals surface area (Å²) in [5.74, 6) is 0.807. The van der Waals surface area contributed by atoms with Crippen LogP contribution in [0.15, 0.2) is 10.6 Å². The van der Waals surface area contributed by atoms with E-state index in [2.05, 4.69) is 10.5 Å². The number of nitrogens with zero attached hydrogens (tertiary/aromatic N) is 1. The number of nitrogens with one attached hydrogen (secondary N) is 1. The van der Waals surface area contributed by atoms with Gasteiger partial charge in [-0.1, -0.05) is 19.0 Å². The highest BCUT2D eigenvalue weighted by Crippen LogP contribution is 2.23. The van der Waals surface area contributed by atoms with Crippen molar-refractivity contribution >= 4 is 18.2 Å². The Labute approximate surface area is 119 Å². The summed E-state index contributed by atoms with van der Waals surface area (Å²) in [4.78, 5) is 11.8. The monoisotopic (exact) mass is 288 g/mol. The van der Waals surface area contributed by atoms with Crippen molar-refractivity contribution in [2.45, 2.75) is 38.1 Å². The van der Waals surface area contributed by atoms with Gasteiger partial charge in [-0.25, -0.2) is 0 Å². The second-order valence-electron chi connectivity index (χ2n) is 5.43. The highest BCUT2D eigenvalue weighted by molar-refractivity contribution is 5.86. The van der Waals surface area contributed by atoms with Crippen LogP contribution < -0.4 is 5.32 Å². The third-order valence-corrected chi connectivity index (χ3v) is 3.32. The fourth-order valence-corrected chi connectivity index (χ4v) is 2.01. The van der Waals surface area contributed by atoms with E-state index in [1.807, 2.05) is 19.9 Å². The number of halogens is 1. The van der Waals surface area contributed by atoms with Crippen LogP contribution >= 0.6 is 12.4 Å². The minimum atomic E-state index is -0.200. The largest absolute Gasteiger partial charge is 0.384 e. The van der Waals surface area contributed by atoms with Crippen LogP contribution in [0.2, 0.25) is 0 Å². The van der Waals surface area contributed by atoms with Crippen molar-refractivity contribution in [3.05, 3.63) is 17.5 Å². The lowest BCUT2D eigenvalue weighted by molar-refractivity contribution is -0.122. The van der Waals surface area contributed by atoms with E-state index < -0.39 is 0 Å². The van der Waals surface area contributed by atoms with E-state index in [0.717, 1.165) is 18.7 Å². The first kappa shape index (κ1) is 16.1. The molecule has 1 aromatic rings. The summed E-state index contributed by atoms with van der Waals surface area (Å²) in [6.45, 7) is 5.57. The number of methoxy groups -OCH3 is 1. The van der Waals surface area contributed by atoms with Gasteiger partial charge in [-0.2, -0.15) is 0 Å². The number of aromatic nitrogens is 1. The lowest BCUT2D eigenvalue weighted by Crippen LogP contribution is -2.49. The van der Waals surface area contributed by atoms with Gasteiger partial charge in [0.25, 0.3) is 0 Å². The van der Waals surface area contributed by atoms with Gasteiger partial charge in [-0.15, -0.1) is 12.4 Å². The van der Waals surface area contributed by atoms with Crippen LogP contribution in [0.25, 0.3) is 0 Å². The molecular formula is C13H21ClN2O3. The quantitative estimate of drug-likeness (QED) is 0.859. The summed E-state index contributed by atoms with van der Waals surface area (Å²) < 4.78 is 10.4. The number of Topliss-reactive ketones (excluding diaryl/α,β-unsaturated/α-hetero) is 1. The minimum Gasteiger partial charge on any atom is -0.384 e. The lowest BCUT2D eigenvalue weighted by atomic mass is 9.90. The Morgan fingerprint density at radius 2 is 2.32 bits per heavy atom. The van der Waals surface area contributed by atoms with Crippen molar-refractivity contribution in [2.24, 2.45) is 0 Å². The molecule has 0 saturated carbocycles. The van der Waals surface area contributed by atoms with Crippen molar-refractivity contribution in [1.29, 1.82) is 0 Å². The maximum atomic E-state index is 11.8. The molecule has 108 valence electrons. The molecule has 1 atom stereocenters. The molecule has 1 saturated heterocycles. The summed E-state index contributed by atoms with van der Waals surface area (Å²) in [7, 11) is 1.66. The second-order valence-corrected chi connectivity index (χ2v) is 5.43. The molecule has 1 aliphatic rings. The highest BCUT2D eigenvalue weighted by atomic mass is 35.5. The van der Waals surface area contributed by atoms with Crippen LogP contribution in [0, 0.1) is 0 Å². The Morgan fingerprint density at radius 1 is 1.63 bits per heavy atom. The van der Waals surface area contributed by atoms with E-state index in [-0.39, 0.29) is 29.6 Å². The number of rotatable bonds is 6. The molecule has 1 aliphatic heterocycles. The number of ether oxygens (including phenoxy) is 1. The van der Waals surface area contributed by atoms with Crippen LogP contribution in [-0.4, -0.2) is 37.2 Å². The Bertz CT molecular complexity index is 427. The molecule has 1 aromatic heterocycles. The van der Waals surface area contributed by atoms with Gasteiger partial charge < -0.3 is 14.6 Å². The minimum absolute atomic E-state index is 0. The molecule has 0 amide bonds. The summed E-state index contributed by atoms with van der Waals surface area (Å²) in [6.07, 6.45) is 1.24. The molecule has 0 aliphatic carbocycles. The normalized spacial score (nSPS) is 18.6. The SMILES string of the molecule is COCC(C)(C)c1cc(CC(=O)[C@@H]2CCN2)on1.Cl. The number of ketones is 1. The molecule has 5 nitrogen and oxygen atoms in total. The first-order valence-corrected chi connectivity index (χ1v) is 6.24. The number of hydrogen-bond donors (Lipinski definition) is 1. The van der Waals surface area contributed by atoms with Crippen LogP contribution in [0.1, 0.15) is 31.7 Å². The van der Waals surface area contributed by atoms with Gasteiger partial charge in [-0.3, -0.25) is 4.79 Å². The van der Waals surface area contributed by atoms with Gasteiger partial charge in [0.15, 0.2) is 5.78 Å². The average molecular weight is 289 g/mol. The second kappa shape index (κ2) is 6.50. The maximum absolute atomic E-state index is 11.8. The van der Waals surface area contributed by atoms with E-state index in [0.29, 0.717) is 18.8 Å². The van der Waals surface area contributed by atoms with Crippen LogP contribution in [0.3, 0.4) is 0 Å². The maximum Gasteiger partial charge on any atom is 0.157 e. The molecule has 2 rings (SSSR count). The summed E-state index contributed by atoms with van der Waals surface area (Å²) in [5.41, 5.74) is 0.627. The van der Waals surface area contributed by atoms with E-state index in [9.17, 15) is 4.79 Å². The van der Waals surface area contributed by atoms with E-state index in [1.165, 1.54) is 0 Å². The zero-order valence-electron chi connectivity index (χ0n) is 11.6. The van der Waals surface area contributed by atoms with Crippen molar-refractivity contribution in [3.8, 4) is 0 Å². The number of carbonyl (C=O) groups is 1. The van der Waals surface area contributed by atoms with Crippen molar-refractivity contribution in [3.63, 3.8) is 0 Å². The fourth-order valence-electron chi connectivity index (χ4n) is 2.01. The molecule has 0 bridgehead atoms. The number of hydrogen-bond acceptors (Lipinski definition) is 5. The first-order chi connectivity index (χ1) is 8.53. The van der Waals surface area contributed by atoms with Gasteiger partial charge in [0, 0.05) is 18.6 Å². The Hall–Kier alpha value is -0.910. The lowest BCUT2D eigenvalue weighted by Gasteiger charge is -2.25. The number of carbonyl (C=O) groups excluding carboxylic acids is 1. The Kier molecular flexibility index (Phi) is 5.52. The van der Waals surface area contributed by atoms with Gasteiger partial charge >= 0.3 is 0 Å². The fraction of sp³-hybridized carbons (Fsp3) is 0.692. The molecule has 2 heterocycles. The van der Waals surface area contributed by atoms with Crippen LogP contribution in [-0.2, 0) is 21.4 Å². The molecule has 0 unspecified atom stereocenters. The third kappa shape index (κ3) is 3.78. The van der Waals surface area contributed by atoms with Gasteiger partial charge in [0.2, 0.25) is 0 Å². The first-order valence-electron chi connectivity index (χ1n) is 6.24. The predicted molar refractivity (Wildman–Crippen MR) is 73.8 cm³/mol. The topological polar surface area (TPSA) is 64.4 Å². The van der Waals surface area contributed by atoms with E-state index in [4.69, 9.17) is 9.26 Å². The van der Waals surface area contributed by atoms with Gasteiger partial charge in [-0.05, 0) is 13.0 Å². The molecular weight excluding hydrogens is 268 g/mol. The Balaban J connectivity index is 0.00000180. The van der Waals surface area contributed by atoms with E-state index in [1.54, 1.807) is 7.11 Å². The molecule has 1 fully saturated rings. The van der Waals surface area contributed by atoms with Crippen molar-refractivity contribution in [1.82, 2.24) is 10.5 Å². The standard InChI is InChI=1S/C13H20N2O3.ClH/c1-13(2,8-17-3)12-7-9(18-15-12)6-11(16)10-4-5-14-10;/h7,10,14H,4-6,8H2,1-3H3;1H/t10-;/m0./s1. The summed E-state index contributed by atoms with van der Waals surface area (Å²) >= 11 is 0. The smallest absolute Gasteiger partial charge is 0.157 e. The van der Waals surface area contributed by atoms with E-state index >= 15 is 0 Å². The van der Waals surface area contributed by atoms with Crippen LogP contribution in [0.5, 0.6) is 0 Å². The van der Waals surface area contributed by atoms with Gasteiger partial charge in [0.1, 0.15) is 5.76 Å². The summed E-state index contributed by atoms with van der Waals surface area (Å²) in [6, 6.07) is 1.86. The highest BCUT2D eigenvalue weighted by Gasteiger charge is 2.28. The van der Waals surface area contributed by atoms with Crippen molar-refractivity contribution < 1.29 is 14.1 Å². The Morgan fingerprint density at radius 3 is 2.84 bits per heavy atom. The van der Waals surface area contributed by atoms with Crippen LogP contribution in [0.4, 0.5) is 0 Å². The molecule has 19 heavy (non-hydrogen) atoms. The van der Waals surface area contributed by atoms with Crippen molar-refractivity contribution in [2.75, 3.05) is 20.3 Å².